The number of para-hydroxylation sites is 3. The summed E-state index contributed by atoms with van der Waals surface area (Å²) >= 11 is 0. The largest absolute Gasteiger partial charge is 0.372 e. The first-order valence-corrected chi connectivity index (χ1v) is 16.3. The fourth-order valence-corrected chi connectivity index (χ4v) is 6.84. The summed E-state index contributed by atoms with van der Waals surface area (Å²) in [5, 5.41) is 2.11. The number of hydrogen-bond donors (Lipinski definition) is 0. The lowest BCUT2D eigenvalue weighted by atomic mass is 9.87. The fourth-order valence-electron chi connectivity index (χ4n) is 6.84. The van der Waals surface area contributed by atoms with Crippen LogP contribution in [-0.4, -0.2) is 14.1 Å². The molecule has 0 spiro atoms. The first-order valence-electron chi connectivity index (χ1n) is 18.3. The van der Waals surface area contributed by atoms with Gasteiger partial charge in [-0.05, 0) is 76.6 Å². The van der Waals surface area contributed by atoms with E-state index < -0.39 is 13.1 Å². The number of rotatable bonds is 5. The van der Waals surface area contributed by atoms with Gasteiger partial charge >= 0.3 is 0 Å². The average Bonchev–Trinajstić information content (AvgIpc) is 3.72. The lowest BCUT2D eigenvalue weighted by Crippen LogP contribution is -2.29. The van der Waals surface area contributed by atoms with Gasteiger partial charge in [-0.25, -0.2) is 4.98 Å². The highest BCUT2D eigenvalue weighted by Gasteiger charge is 2.19. The van der Waals surface area contributed by atoms with Crippen molar-refractivity contribution in [1.29, 1.82) is 0 Å². The van der Waals surface area contributed by atoms with Crippen molar-refractivity contribution in [2.24, 2.45) is 0 Å². The molecule has 8 aromatic rings. The molecule has 5 nitrogen and oxygen atoms in total. The second kappa shape index (κ2) is 11.0. The molecule has 48 heavy (non-hydrogen) atoms. The Bertz CT molecular complexity index is 2690. The van der Waals surface area contributed by atoms with Crippen molar-refractivity contribution >= 4 is 32.8 Å². The summed E-state index contributed by atoms with van der Waals surface area (Å²) in [6, 6.07) is 41.9. The van der Waals surface area contributed by atoms with Gasteiger partial charge in [-0.2, -0.15) is 0 Å². The van der Waals surface area contributed by atoms with Crippen molar-refractivity contribution in [2.45, 2.75) is 45.7 Å². The van der Waals surface area contributed by atoms with Crippen LogP contribution in [0.3, 0.4) is 0 Å². The Balaban J connectivity index is 1.11. The van der Waals surface area contributed by atoms with Gasteiger partial charge in [0.2, 0.25) is 0 Å². The molecule has 4 heterocycles. The molecule has 1 aliphatic heterocycles. The molecule has 0 N–H and O–H groups in total. The summed E-state index contributed by atoms with van der Waals surface area (Å²) in [4.78, 5) is 4.64. The summed E-state index contributed by atoms with van der Waals surface area (Å²) in [6.07, 6.45) is 5.72. The Morgan fingerprint density at radius 1 is 0.750 bits per heavy atom. The molecule has 0 fully saturated rings. The first-order chi connectivity index (χ1) is 24.9. The van der Waals surface area contributed by atoms with Gasteiger partial charge in [0.05, 0.1) is 52.0 Å². The summed E-state index contributed by atoms with van der Waals surface area (Å²) in [7, 11) is 0. The summed E-state index contributed by atoms with van der Waals surface area (Å²) in [5.74, 6) is 0.505. The zero-order valence-electron chi connectivity index (χ0n) is 31.0. The van der Waals surface area contributed by atoms with E-state index in [9.17, 15) is 0 Å². The summed E-state index contributed by atoms with van der Waals surface area (Å²) in [5.41, 5.74) is 9.98. The minimum absolute atomic E-state index is 0.0761. The fraction of sp³-hybridized carbons (Fsp3) is 0.163. The third kappa shape index (κ3) is 4.81. The van der Waals surface area contributed by atoms with Crippen LogP contribution in [0.25, 0.3) is 50.0 Å². The number of fused-ring (bicyclic) bond motifs is 5. The van der Waals surface area contributed by atoms with Crippen LogP contribution in [0.15, 0.2) is 128 Å². The molecule has 0 saturated carbocycles. The van der Waals surface area contributed by atoms with Crippen molar-refractivity contribution < 1.29 is 14.8 Å². The normalized spacial score (nSPS) is 16.5. The zero-order valence-corrected chi connectivity index (χ0v) is 27.0. The molecule has 1 aliphatic rings. The van der Waals surface area contributed by atoms with Gasteiger partial charge in [0.25, 0.3) is 6.33 Å². The molecule has 3 aromatic heterocycles. The molecule has 0 bridgehead atoms. The second-order valence-electron chi connectivity index (χ2n) is 13.5. The number of hydrogen-bond acceptors (Lipinski definition) is 2. The third-order valence-electron chi connectivity index (χ3n) is 9.31. The average molecular weight is 629 g/mol. The third-order valence-corrected chi connectivity index (χ3v) is 9.31. The van der Waals surface area contributed by atoms with E-state index in [4.69, 9.17) is 10.2 Å². The molecule has 0 saturated heterocycles. The standard InChI is InChI=1S/C43H36N4O/c1-43(2,3)33-16-18-34(19-17-33)45-28-46(40-14-7-6-13-39(40)45)35-10-8-9-29(22-35)21-30-15-20-37-36-11-4-5-12-38(36)47(41(37)23-30)42-24-31-26-48-27-32(31)25-44-42/h4-20,22-25H,21,26-27H2,1-3H3/i26D2,27D2. The van der Waals surface area contributed by atoms with Gasteiger partial charge in [0.1, 0.15) is 5.82 Å². The Morgan fingerprint density at radius 2 is 1.50 bits per heavy atom. The SMILES string of the molecule is [2H]C1([2H])OC([2H])([2H])c2cc(-n3c4ccccc4c4ccc(Cc5cccc(-n6[c-][n+](-c7ccc(C(C)(C)C)cc7)c7ccccc76)c5)cc43)ncc21. The van der Waals surface area contributed by atoms with Crippen molar-refractivity contribution in [3.8, 4) is 17.2 Å². The van der Waals surface area contributed by atoms with Crippen LogP contribution >= 0.6 is 0 Å². The van der Waals surface area contributed by atoms with E-state index in [-0.39, 0.29) is 16.5 Å². The maximum atomic E-state index is 8.39. The van der Waals surface area contributed by atoms with Gasteiger partial charge in [-0.1, -0.05) is 99.6 Å². The monoisotopic (exact) mass is 628 g/mol. The van der Waals surface area contributed by atoms with Crippen molar-refractivity contribution in [1.82, 2.24) is 14.1 Å². The predicted octanol–water partition coefficient (Wildman–Crippen LogP) is 9.12. The number of imidazole rings is 1. The Hall–Kier alpha value is -5.52. The molecule has 0 atom stereocenters. The van der Waals surface area contributed by atoms with E-state index in [1.165, 1.54) is 11.8 Å². The van der Waals surface area contributed by atoms with E-state index >= 15 is 0 Å². The van der Waals surface area contributed by atoms with Crippen LogP contribution in [0.2, 0.25) is 0 Å². The maximum absolute atomic E-state index is 8.39. The minimum atomic E-state index is -2.27. The molecular weight excluding hydrogens is 589 g/mol. The van der Waals surface area contributed by atoms with E-state index in [0.29, 0.717) is 12.2 Å². The Labute approximate surface area is 285 Å². The van der Waals surface area contributed by atoms with Crippen LogP contribution in [-0.2, 0) is 29.7 Å². The topological polar surface area (TPSA) is 35.9 Å². The van der Waals surface area contributed by atoms with Gasteiger partial charge in [-0.3, -0.25) is 13.7 Å². The van der Waals surface area contributed by atoms with Gasteiger partial charge < -0.3 is 4.74 Å². The smallest absolute Gasteiger partial charge is 0.269 e. The van der Waals surface area contributed by atoms with E-state index in [0.717, 1.165) is 55.3 Å². The highest BCUT2D eigenvalue weighted by Crippen LogP contribution is 2.34. The summed E-state index contributed by atoms with van der Waals surface area (Å²) in [6.45, 7) is 2.15. The van der Waals surface area contributed by atoms with Gasteiger partial charge in [-0.15, -0.1) is 0 Å². The van der Waals surface area contributed by atoms with Crippen molar-refractivity contribution in [3.05, 3.63) is 162 Å². The number of pyridine rings is 1. The number of ether oxygens (including phenoxy) is 1. The Morgan fingerprint density at radius 3 is 2.35 bits per heavy atom. The van der Waals surface area contributed by atoms with Crippen LogP contribution in [0.1, 0.15) is 54.1 Å². The van der Waals surface area contributed by atoms with Gasteiger partial charge in [0.15, 0.2) is 0 Å². The number of nitrogens with zero attached hydrogens (tertiary/aromatic N) is 4. The lowest BCUT2D eigenvalue weighted by Gasteiger charge is -2.19. The quantitative estimate of drug-likeness (QED) is 0.141. The van der Waals surface area contributed by atoms with Crippen molar-refractivity contribution in [3.63, 3.8) is 0 Å². The van der Waals surface area contributed by atoms with E-state index in [1.807, 2.05) is 22.8 Å². The molecule has 5 aromatic carbocycles. The van der Waals surface area contributed by atoms with Gasteiger partial charge in [0, 0.05) is 22.5 Å². The molecule has 0 radical (unpaired) electrons. The molecule has 0 aliphatic carbocycles. The molecule has 9 rings (SSSR count). The molecule has 0 amide bonds. The van der Waals surface area contributed by atoms with Crippen LogP contribution in [0.4, 0.5) is 0 Å². The minimum Gasteiger partial charge on any atom is -0.372 e. The van der Waals surface area contributed by atoms with Crippen LogP contribution < -0.4 is 4.57 Å². The Kier molecular flexibility index (Phi) is 5.66. The van der Waals surface area contributed by atoms with E-state index in [1.54, 1.807) is 6.07 Å². The lowest BCUT2D eigenvalue weighted by molar-refractivity contribution is -0.572. The summed E-state index contributed by atoms with van der Waals surface area (Å²) < 4.78 is 44.6. The van der Waals surface area contributed by atoms with Crippen LogP contribution in [0.5, 0.6) is 0 Å². The molecule has 234 valence electrons. The van der Waals surface area contributed by atoms with Crippen molar-refractivity contribution in [2.75, 3.05) is 0 Å². The maximum Gasteiger partial charge on any atom is 0.269 e. The molecule has 5 heteroatoms. The van der Waals surface area contributed by atoms with Crippen LogP contribution in [0, 0.1) is 6.33 Å². The number of aromatic nitrogens is 4. The predicted molar refractivity (Wildman–Crippen MR) is 192 cm³/mol. The highest BCUT2D eigenvalue weighted by atomic mass is 16.5. The molecule has 0 unspecified atom stereocenters. The first kappa shape index (κ1) is 24.6. The van der Waals surface area contributed by atoms with E-state index in [2.05, 4.69) is 138 Å². The second-order valence-corrected chi connectivity index (χ2v) is 13.5. The zero-order chi connectivity index (χ0) is 36.0. The highest BCUT2D eigenvalue weighted by molar-refractivity contribution is 6.09. The molecular formula is C43H36N4O. The number of benzene rings is 5.